The highest BCUT2D eigenvalue weighted by Gasteiger charge is 2.13. The van der Waals surface area contributed by atoms with E-state index in [1.807, 2.05) is 31.4 Å². The molecule has 6 nitrogen and oxygen atoms in total. The Bertz CT molecular complexity index is 665. The van der Waals surface area contributed by atoms with Crippen molar-refractivity contribution in [2.75, 3.05) is 5.73 Å². The van der Waals surface area contributed by atoms with E-state index in [9.17, 15) is 4.79 Å². The molecule has 0 aliphatic carbocycles. The highest BCUT2D eigenvalue weighted by molar-refractivity contribution is 7.98. The summed E-state index contributed by atoms with van der Waals surface area (Å²) in [6, 6.07) is 5.68. The molecule has 21 heavy (non-hydrogen) atoms. The third-order valence-corrected chi connectivity index (χ3v) is 4.18. The van der Waals surface area contributed by atoms with E-state index in [-0.39, 0.29) is 6.04 Å². The fourth-order valence-electron chi connectivity index (χ4n) is 2.03. The zero-order chi connectivity index (χ0) is 15.6. The van der Waals surface area contributed by atoms with Crippen molar-refractivity contribution < 1.29 is 4.79 Å². The highest BCUT2D eigenvalue weighted by Crippen LogP contribution is 2.27. The Morgan fingerprint density at radius 2 is 2.10 bits per heavy atom. The van der Waals surface area contributed by atoms with E-state index < -0.39 is 5.91 Å². The van der Waals surface area contributed by atoms with Crippen molar-refractivity contribution in [3.8, 4) is 0 Å². The second-order valence-corrected chi connectivity index (χ2v) is 6.04. The summed E-state index contributed by atoms with van der Waals surface area (Å²) in [6.45, 7) is 6.04. The van der Waals surface area contributed by atoms with Gasteiger partial charge in [-0.05, 0) is 44.0 Å². The monoisotopic (exact) mass is 305 g/mol. The Balaban J connectivity index is 2.15. The highest BCUT2D eigenvalue weighted by atomic mass is 32.2. The van der Waals surface area contributed by atoms with E-state index in [2.05, 4.69) is 10.2 Å². The Labute approximate surface area is 127 Å². The fraction of sp³-hybridized carbons (Fsp3) is 0.357. The molecular weight excluding hydrogens is 286 g/mol. The quantitative estimate of drug-likeness (QED) is 0.824. The first-order chi connectivity index (χ1) is 9.90. The van der Waals surface area contributed by atoms with Crippen LogP contribution in [0.4, 0.5) is 5.95 Å². The number of hydrogen-bond donors (Lipinski definition) is 2. The molecule has 0 saturated heterocycles. The molecule has 0 atom stereocenters. The van der Waals surface area contributed by atoms with E-state index in [0.717, 1.165) is 22.0 Å². The van der Waals surface area contributed by atoms with Crippen LogP contribution in [0.15, 0.2) is 23.4 Å². The summed E-state index contributed by atoms with van der Waals surface area (Å²) in [5, 5.41) is 8.82. The summed E-state index contributed by atoms with van der Waals surface area (Å²) < 4.78 is 1.90. The first-order valence-electron chi connectivity index (χ1n) is 6.62. The van der Waals surface area contributed by atoms with Crippen molar-refractivity contribution in [1.82, 2.24) is 14.8 Å². The van der Waals surface area contributed by atoms with Crippen LogP contribution < -0.4 is 11.5 Å². The molecule has 1 amide bonds. The molecule has 1 aromatic carbocycles. The lowest BCUT2D eigenvalue weighted by molar-refractivity contribution is 0.1000. The molecule has 0 saturated carbocycles. The van der Waals surface area contributed by atoms with Crippen LogP contribution in [0.5, 0.6) is 0 Å². The van der Waals surface area contributed by atoms with Gasteiger partial charge in [0.25, 0.3) is 0 Å². The molecule has 0 unspecified atom stereocenters. The first-order valence-corrected chi connectivity index (χ1v) is 7.61. The van der Waals surface area contributed by atoms with Crippen molar-refractivity contribution in [3.63, 3.8) is 0 Å². The summed E-state index contributed by atoms with van der Waals surface area (Å²) in [5.74, 6) is 0.744. The summed E-state index contributed by atoms with van der Waals surface area (Å²) in [6.07, 6.45) is 0. The summed E-state index contributed by atoms with van der Waals surface area (Å²) >= 11 is 1.57. The number of rotatable bonds is 5. The van der Waals surface area contributed by atoms with E-state index >= 15 is 0 Å². The van der Waals surface area contributed by atoms with Crippen molar-refractivity contribution >= 4 is 23.6 Å². The van der Waals surface area contributed by atoms with Crippen molar-refractivity contribution in [1.29, 1.82) is 0 Å². The van der Waals surface area contributed by atoms with Crippen LogP contribution in [0.2, 0.25) is 0 Å². The van der Waals surface area contributed by atoms with Crippen LogP contribution in [0.3, 0.4) is 0 Å². The molecule has 0 spiro atoms. The van der Waals surface area contributed by atoms with Crippen molar-refractivity contribution in [3.05, 3.63) is 34.9 Å². The van der Waals surface area contributed by atoms with E-state index in [4.69, 9.17) is 11.5 Å². The predicted molar refractivity (Wildman–Crippen MR) is 84.1 cm³/mol. The van der Waals surface area contributed by atoms with E-state index in [1.165, 1.54) is 0 Å². The van der Waals surface area contributed by atoms with Gasteiger partial charge in [-0.25, -0.2) is 0 Å². The van der Waals surface area contributed by atoms with Crippen LogP contribution in [0.1, 0.15) is 41.4 Å². The normalized spacial score (nSPS) is 11.0. The minimum Gasteiger partial charge on any atom is -0.368 e. The van der Waals surface area contributed by atoms with Crippen LogP contribution >= 0.6 is 11.8 Å². The molecule has 7 heteroatoms. The van der Waals surface area contributed by atoms with Gasteiger partial charge in [0.15, 0.2) is 5.16 Å². The Morgan fingerprint density at radius 1 is 1.38 bits per heavy atom. The molecule has 112 valence electrons. The minimum absolute atomic E-state index is 0.209. The number of thioether (sulfide) groups is 1. The van der Waals surface area contributed by atoms with Crippen LogP contribution in [0, 0.1) is 6.92 Å². The van der Waals surface area contributed by atoms with E-state index in [0.29, 0.717) is 11.5 Å². The van der Waals surface area contributed by atoms with Gasteiger partial charge < -0.3 is 11.5 Å². The van der Waals surface area contributed by atoms with Gasteiger partial charge in [-0.1, -0.05) is 17.8 Å². The fourth-order valence-corrected chi connectivity index (χ4v) is 3.18. The first kappa shape index (κ1) is 15.4. The second-order valence-electron chi connectivity index (χ2n) is 5.10. The Morgan fingerprint density at radius 3 is 2.67 bits per heavy atom. The van der Waals surface area contributed by atoms with Crippen LogP contribution in [-0.2, 0) is 5.75 Å². The number of nitrogens with two attached hydrogens (primary N) is 2. The number of aryl methyl sites for hydroxylation is 1. The van der Waals surface area contributed by atoms with E-state index in [1.54, 1.807) is 23.9 Å². The minimum atomic E-state index is -0.412. The van der Waals surface area contributed by atoms with Crippen LogP contribution in [0.25, 0.3) is 0 Å². The molecule has 2 aromatic rings. The Hall–Kier alpha value is -2.02. The molecule has 4 N–H and O–H groups in total. The average molecular weight is 305 g/mol. The molecule has 0 aliphatic rings. The number of nitrogen functional groups attached to an aromatic ring is 1. The smallest absolute Gasteiger partial charge is 0.248 e. The third-order valence-electron chi connectivity index (χ3n) is 3.19. The SMILES string of the molecule is Cc1cc(C(N)=O)ccc1CSc1nnc(N)n1C(C)C. The molecule has 2 rings (SSSR count). The number of aromatic nitrogens is 3. The number of carbonyl (C=O) groups is 1. The number of nitrogens with zero attached hydrogens (tertiary/aromatic N) is 3. The standard InChI is InChI=1S/C14H19N5OS/c1-8(2)19-13(16)17-18-14(19)21-7-11-5-4-10(12(15)20)6-9(11)3/h4-6,8H,7H2,1-3H3,(H2,15,20)(H2,16,17). The van der Waals surface area contributed by atoms with Gasteiger partial charge in [0.05, 0.1) is 0 Å². The maximum absolute atomic E-state index is 11.1. The molecular formula is C14H19N5OS. The number of hydrogen-bond acceptors (Lipinski definition) is 5. The topological polar surface area (TPSA) is 99.8 Å². The van der Waals surface area contributed by atoms with Gasteiger partial charge in [0.2, 0.25) is 11.9 Å². The number of carbonyl (C=O) groups excluding carboxylic acids is 1. The van der Waals surface area contributed by atoms with Gasteiger partial charge in [0.1, 0.15) is 0 Å². The molecule has 0 fully saturated rings. The molecule has 0 aliphatic heterocycles. The number of primary amides is 1. The van der Waals surface area contributed by atoms with Gasteiger partial charge in [-0.15, -0.1) is 10.2 Å². The predicted octanol–water partition coefficient (Wildman–Crippen LogP) is 2.14. The molecule has 1 aromatic heterocycles. The Kier molecular flexibility index (Phi) is 4.52. The largest absolute Gasteiger partial charge is 0.368 e. The van der Waals surface area contributed by atoms with Crippen LogP contribution in [-0.4, -0.2) is 20.7 Å². The number of benzene rings is 1. The lowest BCUT2D eigenvalue weighted by Gasteiger charge is -2.12. The average Bonchev–Trinajstić information content (AvgIpc) is 2.78. The van der Waals surface area contributed by atoms with Crippen molar-refractivity contribution in [2.45, 2.75) is 37.7 Å². The summed E-state index contributed by atoms with van der Waals surface area (Å²) in [5.41, 5.74) is 13.8. The van der Waals surface area contributed by atoms with Gasteiger partial charge in [-0.3, -0.25) is 9.36 Å². The zero-order valence-electron chi connectivity index (χ0n) is 12.3. The lowest BCUT2D eigenvalue weighted by atomic mass is 10.1. The van der Waals surface area contributed by atoms with Gasteiger partial charge in [-0.2, -0.15) is 0 Å². The summed E-state index contributed by atoms with van der Waals surface area (Å²) in [7, 11) is 0. The maximum Gasteiger partial charge on any atom is 0.248 e. The number of anilines is 1. The number of amides is 1. The maximum atomic E-state index is 11.1. The molecule has 1 heterocycles. The summed E-state index contributed by atoms with van der Waals surface area (Å²) in [4.78, 5) is 11.1. The lowest BCUT2D eigenvalue weighted by Crippen LogP contribution is -2.11. The zero-order valence-corrected chi connectivity index (χ0v) is 13.1. The third kappa shape index (κ3) is 3.36. The van der Waals surface area contributed by atoms with Gasteiger partial charge in [0, 0.05) is 17.4 Å². The molecule has 0 bridgehead atoms. The molecule has 0 radical (unpaired) electrons. The van der Waals surface area contributed by atoms with Gasteiger partial charge >= 0.3 is 0 Å². The second kappa shape index (κ2) is 6.17. The van der Waals surface area contributed by atoms with Crippen molar-refractivity contribution in [2.24, 2.45) is 5.73 Å².